The van der Waals surface area contributed by atoms with Crippen LogP contribution in [0, 0.1) is 6.92 Å². The Labute approximate surface area is 120 Å². The number of fused-ring (bicyclic) bond motifs is 1. The third-order valence-corrected chi connectivity index (χ3v) is 4.98. The molecule has 0 aliphatic rings. The van der Waals surface area contributed by atoms with Gasteiger partial charge >= 0.3 is 0 Å². The summed E-state index contributed by atoms with van der Waals surface area (Å²) in [6.45, 7) is 3.46. The molecule has 0 amide bonds. The molecule has 0 saturated carbocycles. The van der Waals surface area contributed by atoms with Gasteiger partial charge in [0.05, 0.1) is 10.2 Å². The van der Waals surface area contributed by atoms with Crippen LogP contribution >= 0.6 is 11.3 Å². The molecule has 1 unspecified atom stereocenters. The summed E-state index contributed by atoms with van der Waals surface area (Å²) in [5.41, 5.74) is 1.02. The third-order valence-electron chi connectivity index (χ3n) is 2.76. The van der Waals surface area contributed by atoms with Gasteiger partial charge < -0.3 is 4.57 Å². The Kier molecular flexibility index (Phi) is 4.36. The zero-order valence-corrected chi connectivity index (χ0v) is 12.4. The Bertz CT molecular complexity index is 803. The largest absolute Gasteiger partial charge is 0.318 e. The van der Waals surface area contributed by atoms with Crippen LogP contribution in [0.15, 0.2) is 34.5 Å². The van der Waals surface area contributed by atoms with Crippen LogP contribution in [0.5, 0.6) is 0 Å². The van der Waals surface area contributed by atoms with Crippen LogP contribution in [0.3, 0.4) is 0 Å². The lowest BCUT2D eigenvalue weighted by molar-refractivity contribution is 0.478. The highest BCUT2D eigenvalue weighted by Gasteiger charge is 2.18. The monoisotopic (exact) mass is 312 g/mol. The molecule has 1 N–H and O–H groups in total. The summed E-state index contributed by atoms with van der Waals surface area (Å²) in [5, 5.41) is 6.60. The normalized spacial score (nSPS) is 15.2. The summed E-state index contributed by atoms with van der Waals surface area (Å²) in [7, 11) is -2.32. The summed E-state index contributed by atoms with van der Waals surface area (Å²) < 4.78 is 33.9. The van der Waals surface area contributed by atoms with E-state index in [1.807, 2.05) is 35.9 Å². The highest BCUT2D eigenvalue weighted by atomic mass is 32.2. The lowest BCUT2D eigenvalue weighted by atomic mass is 10.3. The van der Waals surface area contributed by atoms with Crippen molar-refractivity contribution in [2.24, 2.45) is 17.3 Å². The van der Waals surface area contributed by atoms with Crippen molar-refractivity contribution in [1.29, 1.82) is 0 Å². The smallest absolute Gasteiger partial charge is 0.273 e. The SMILES string of the molecule is [CH2]CC(C=NN=c1sc2ccccc2n1C)S(=O)(=O)O. The van der Waals surface area contributed by atoms with Gasteiger partial charge in [0, 0.05) is 13.3 Å². The third kappa shape index (κ3) is 3.14. The second-order valence-corrected chi connectivity index (χ2v) is 6.76. The topological polar surface area (TPSA) is 84.0 Å². The van der Waals surface area contributed by atoms with Gasteiger partial charge in [-0.05, 0) is 18.6 Å². The first kappa shape index (κ1) is 14.9. The van der Waals surface area contributed by atoms with Crippen molar-refractivity contribution in [2.45, 2.75) is 11.7 Å². The second-order valence-electron chi connectivity index (χ2n) is 4.12. The fourth-order valence-electron chi connectivity index (χ4n) is 1.64. The van der Waals surface area contributed by atoms with Crippen LogP contribution in [0.2, 0.25) is 0 Å². The molecular formula is C12H14N3O3S2. The predicted octanol–water partition coefficient (Wildman–Crippen LogP) is 1.61. The molecule has 0 saturated heterocycles. The molecular weight excluding hydrogens is 298 g/mol. The van der Waals surface area contributed by atoms with Crippen LogP contribution in [-0.4, -0.2) is 29.0 Å². The van der Waals surface area contributed by atoms with Gasteiger partial charge in [-0.2, -0.15) is 13.5 Å². The number of benzene rings is 1. The van der Waals surface area contributed by atoms with Gasteiger partial charge in [0.1, 0.15) is 5.25 Å². The van der Waals surface area contributed by atoms with Gasteiger partial charge in [0.2, 0.25) is 4.80 Å². The molecule has 6 nitrogen and oxygen atoms in total. The van der Waals surface area contributed by atoms with Crippen molar-refractivity contribution < 1.29 is 13.0 Å². The van der Waals surface area contributed by atoms with E-state index in [1.54, 1.807) is 0 Å². The Morgan fingerprint density at radius 3 is 2.80 bits per heavy atom. The van der Waals surface area contributed by atoms with E-state index in [2.05, 4.69) is 17.1 Å². The number of para-hydroxylation sites is 1. The minimum Gasteiger partial charge on any atom is -0.318 e. The van der Waals surface area contributed by atoms with Gasteiger partial charge in [-0.3, -0.25) is 4.55 Å². The molecule has 1 aromatic heterocycles. The standard InChI is InChI=1S/C12H14N3O3S2/c1-3-9(20(16,17)18)8-13-14-12-15(2)10-6-4-5-7-11(10)19-12/h4-9H,1,3H2,2H3,(H,16,17,18). The average Bonchev–Trinajstić information content (AvgIpc) is 2.71. The van der Waals surface area contributed by atoms with Crippen molar-refractivity contribution >= 4 is 37.9 Å². The van der Waals surface area contributed by atoms with E-state index in [-0.39, 0.29) is 6.42 Å². The van der Waals surface area contributed by atoms with Crippen LogP contribution in [0.25, 0.3) is 10.2 Å². The van der Waals surface area contributed by atoms with Gasteiger partial charge in [-0.1, -0.05) is 30.4 Å². The number of aryl methyl sites for hydroxylation is 1. The minimum atomic E-state index is -4.18. The minimum absolute atomic E-state index is 0.00358. The van der Waals surface area contributed by atoms with Gasteiger partial charge in [0.15, 0.2) is 0 Å². The molecule has 2 rings (SSSR count). The molecule has 0 spiro atoms. The van der Waals surface area contributed by atoms with Gasteiger partial charge in [0.25, 0.3) is 10.1 Å². The molecule has 0 aliphatic heterocycles. The number of aromatic nitrogens is 1. The van der Waals surface area contributed by atoms with E-state index in [0.29, 0.717) is 4.80 Å². The highest BCUT2D eigenvalue weighted by Crippen LogP contribution is 2.15. The lowest BCUT2D eigenvalue weighted by Crippen LogP contribution is -2.21. The Morgan fingerprint density at radius 2 is 2.20 bits per heavy atom. The van der Waals surface area contributed by atoms with Crippen LogP contribution in [0.4, 0.5) is 0 Å². The van der Waals surface area contributed by atoms with E-state index in [9.17, 15) is 8.42 Å². The van der Waals surface area contributed by atoms with Gasteiger partial charge in [-0.25, -0.2) is 0 Å². The molecule has 0 fully saturated rings. The van der Waals surface area contributed by atoms with E-state index in [0.717, 1.165) is 16.4 Å². The second kappa shape index (κ2) is 5.86. The summed E-state index contributed by atoms with van der Waals surface area (Å²) >= 11 is 1.45. The van der Waals surface area contributed by atoms with Crippen LogP contribution < -0.4 is 4.80 Å². The fourth-order valence-corrected chi connectivity index (χ4v) is 3.12. The van der Waals surface area contributed by atoms with E-state index >= 15 is 0 Å². The first-order valence-corrected chi connectivity index (χ1v) is 8.12. The quantitative estimate of drug-likeness (QED) is 0.529. The molecule has 2 aromatic rings. The highest BCUT2D eigenvalue weighted by molar-refractivity contribution is 7.87. The Morgan fingerprint density at radius 1 is 1.50 bits per heavy atom. The molecule has 8 heteroatoms. The van der Waals surface area contributed by atoms with Crippen molar-refractivity contribution in [3.8, 4) is 0 Å². The van der Waals surface area contributed by atoms with Gasteiger partial charge in [-0.15, -0.1) is 5.10 Å². The maximum Gasteiger partial charge on any atom is 0.273 e. The number of nitrogens with zero attached hydrogens (tertiary/aromatic N) is 3. The fraction of sp³-hybridized carbons (Fsp3) is 0.250. The average molecular weight is 312 g/mol. The maximum atomic E-state index is 11.0. The molecule has 1 atom stereocenters. The molecule has 107 valence electrons. The number of hydrogen-bond acceptors (Lipinski definition) is 5. The number of thiazole rings is 1. The Hall–Kier alpha value is -1.51. The number of rotatable bonds is 4. The van der Waals surface area contributed by atoms with E-state index in [4.69, 9.17) is 4.55 Å². The van der Waals surface area contributed by atoms with E-state index in [1.165, 1.54) is 11.3 Å². The number of hydrogen-bond donors (Lipinski definition) is 1. The van der Waals surface area contributed by atoms with Crippen molar-refractivity contribution in [1.82, 2.24) is 4.57 Å². The first-order valence-electron chi connectivity index (χ1n) is 5.81. The molecule has 20 heavy (non-hydrogen) atoms. The van der Waals surface area contributed by atoms with E-state index < -0.39 is 15.4 Å². The molecule has 0 bridgehead atoms. The maximum absolute atomic E-state index is 11.0. The summed E-state index contributed by atoms with van der Waals surface area (Å²) in [5.74, 6) is 0. The Balaban J connectivity index is 2.37. The summed E-state index contributed by atoms with van der Waals surface area (Å²) in [6.07, 6.45) is 1.09. The molecule has 1 heterocycles. The van der Waals surface area contributed by atoms with Crippen LogP contribution in [0.1, 0.15) is 6.42 Å². The molecule has 1 aromatic carbocycles. The first-order chi connectivity index (χ1) is 9.43. The zero-order valence-electron chi connectivity index (χ0n) is 10.8. The predicted molar refractivity (Wildman–Crippen MR) is 80.2 cm³/mol. The van der Waals surface area contributed by atoms with Crippen LogP contribution in [-0.2, 0) is 17.2 Å². The lowest BCUT2D eigenvalue weighted by Gasteiger charge is -2.02. The van der Waals surface area contributed by atoms with Crippen molar-refractivity contribution in [3.63, 3.8) is 0 Å². The summed E-state index contributed by atoms with van der Waals surface area (Å²) in [4.78, 5) is 0.639. The molecule has 0 aliphatic carbocycles. The van der Waals surface area contributed by atoms with Crippen molar-refractivity contribution in [3.05, 3.63) is 36.0 Å². The zero-order chi connectivity index (χ0) is 14.8. The molecule has 1 radical (unpaired) electrons. The summed E-state index contributed by atoms with van der Waals surface area (Å²) in [6, 6.07) is 7.80. The van der Waals surface area contributed by atoms with Crippen molar-refractivity contribution in [2.75, 3.05) is 0 Å².